The predicted molar refractivity (Wildman–Crippen MR) is 124 cm³/mol. The van der Waals surface area contributed by atoms with E-state index in [0.29, 0.717) is 16.8 Å². The Labute approximate surface area is 183 Å². The third-order valence-electron chi connectivity index (χ3n) is 4.26. The predicted octanol–water partition coefficient (Wildman–Crippen LogP) is 4.53. The van der Waals surface area contributed by atoms with E-state index in [-0.39, 0.29) is 11.8 Å². The van der Waals surface area contributed by atoms with E-state index in [1.165, 1.54) is 0 Å². The van der Waals surface area contributed by atoms with Gasteiger partial charge >= 0.3 is 0 Å². The molecule has 3 rings (SSSR count). The fraction of sp³-hybridized carbons (Fsp3) is 0.0870. The largest absolute Gasteiger partial charge is 0.378 e. The monoisotopic (exact) mass is 464 g/mol. The van der Waals surface area contributed by atoms with Crippen molar-refractivity contribution in [2.24, 2.45) is 5.10 Å². The first-order valence-electron chi connectivity index (χ1n) is 9.20. The summed E-state index contributed by atoms with van der Waals surface area (Å²) >= 11 is 3.35. The lowest BCUT2D eigenvalue weighted by Crippen LogP contribution is -2.18. The van der Waals surface area contributed by atoms with Gasteiger partial charge in [0.15, 0.2) is 0 Å². The van der Waals surface area contributed by atoms with Gasteiger partial charge in [0, 0.05) is 41.1 Å². The lowest BCUT2D eigenvalue weighted by Gasteiger charge is -2.11. The Balaban J connectivity index is 1.62. The van der Waals surface area contributed by atoms with E-state index in [9.17, 15) is 9.59 Å². The lowest BCUT2D eigenvalue weighted by atomic mass is 10.1. The summed E-state index contributed by atoms with van der Waals surface area (Å²) in [6.45, 7) is 0. The third-order valence-corrected chi connectivity index (χ3v) is 4.75. The Morgan fingerprint density at radius 3 is 2.23 bits per heavy atom. The summed E-state index contributed by atoms with van der Waals surface area (Å²) in [5.74, 6) is -0.622. The topological polar surface area (TPSA) is 73.8 Å². The number of carbonyl (C=O) groups excluding carboxylic acids is 2. The molecule has 0 radical (unpaired) electrons. The molecule has 2 N–H and O–H groups in total. The molecule has 0 aliphatic heterocycles. The first-order valence-corrected chi connectivity index (χ1v) is 9.99. The second kappa shape index (κ2) is 9.84. The Morgan fingerprint density at radius 1 is 0.900 bits per heavy atom. The van der Waals surface area contributed by atoms with Crippen LogP contribution in [-0.2, 0) is 0 Å². The molecule has 0 aliphatic rings. The fourth-order valence-corrected chi connectivity index (χ4v) is 3.06. The minimum Gasteiger partial charge on any atom is -0.378 e. The van der Waals surface area contributed by atoms with Crippen molar-refractivity contribution in [3.05, 3.63) is 94.0 Å². The Bertz CT molecular complexity index is 1080. The number of nitrogens with zero attached hydrogens (tertiary/aromatic N) is 2. The molecule has 6 nitrogen and oxygen atoms in total. The van der Waals surface area contributed by atoms with Crippen LogP contribution in [0.25, 0.3) is 0 Å². The Hall–Kier alpha value is -3.45. The molecule has 3 aromatic carbocycles. The molecule has 0 heterocycles. The molecule has 0 aliphatic carbocycles. The standard InChI is InChI=1S/C23H21BrN4O2/c1-28(2)21-11-9-16(10-12-21)15-25-27-23(30)18-6-4-8-20(14-18)26-22(29)17-5-3-7-19(24)13-17/h3-15H,1-2H3,(H,26,29)(H,27,30)/b25-15-. The van der Waals surface area contributed by atoms with E-state index >= 15 is 0 Å². The number of hydrogen-bond acceptors (Lipinski definition) is 4. The first kappa shape index (κ1) is 21.3. The molecule has 2 amide bonds. The van der Waals surface area contributed by atoms with Crippen molar-refractivity contribution in [1.29, 1.82) is 0 Å². The molecule has 0 spiro atoms. The van der Waals surface area contributed by atoms with Gasteiger partial charge in [0.05, 0.1) is 6.21 Å². The van der Waals surface area contributed by atoms with Crippen molar-refractivity contribution >= 4 is 45.3 Å². The normalized spacial score (nSPS) is 10.6. The highest BCUT2D eigenvalue weighted by Crippen LogP contribution is 2.15. The van der Waals surface area contributed by atoms with Gasteiger partial charge in [-0.3, -0.25) is 9.59 Å². The average Bonchev–Trinajstić information content (AvgIpc) is 2.74. The number of anilines is 2. The molecule has 0 unspecified atom stereocenters. The zero-order valence-electron chi connectivity index (χ0n) is 16.6. The molecule has 0 saturated carbocycles. The summed E-state index contributed by atoms with van der Waals surface area (Å²) in [6, 6.07) is 21.6. The first-order chi connectivity index (χ1) is 14.4. The summed E-state index contributed by atoms with van der Waals surface area (Å²) < 4.78 is 0.817. The maximum atomic E-state index is 12.4. The fourth-order valence-electron chi connectivity index (χ4n) is 2.66. The number of hydrazone groups is 1. The van der Waals surface area contributed by atoms with Crippen molar-refractivity contribution in [2.75, 3.05) is 24.3 Å². The number of nitrogens with one attached hydrogen (secondary N) is 2. The molecule has 0 saturated heterocycles. The summed E-state index contributed by atoms with van der Waals surface area (Å²) in [6.07, 6.45) is 1.58. The molecule has 0 aromatic heterocycles. The summed E-state index contributed by atoms with van der Waals surface area (Å²) in [7, 11) is 3.94. The van der Waals surface area contributed by atoms with Crippen LogP contribution >= 0.6 is 15.9 Å². The number of rotatable bonds is 6. The van der Waals surface area contributed by atoms with Crippen molar-refractivity contribution in [1.82, 2.24) is 5.43 Å². The van der Waals surface area contributed by atoms with Crippen LogP contribution in [0.5, 0.6) is 0 Å². The van der Waals surface area contributed by atoms with Crippen LogP contribution in [0.3, 0.4) is 0 Å². The van der Waals surface area contributed by atoms with Crippen molar-refractivity contribution in [3.63, 3.8) is 0 Å². The van der Waals surface area contributed by atoms with Gasteiger partial charge in [-0.05, 0) is 54.1 Å². The Morgan fingerprint density at radius 2 is 1.57 bits per heavy atom. The van der Waals surface area contributed by atoms with Crippen molar-refractivity contribution < 1.29 is 9.59 Å². The van der Waals surface area contributed by atoms with Gasteiger partial charge in [0.25, 0.3) is 11.8 Å². The van der Waals surface area contributed by atoms with Crippen LogP contribution in [0.1, 0.15) is 26.3 Å². The van der Waals surface area contributed by atoms with Crippen LogP contribution in [0.15, 0.2) is 82.4 Å². The highest BCUT2D eigenvalue weighted by atomic mass is 79.9. The second-order valence-corrected chi connectivity index (χ2v) is 7.65. The van der Waals surface area contributed by atoms with E-state index in [2.05, 4.69) is 31.8 Å². The zero-order chi connectivity index (χ0) is 21.5. The molecule has 152 valence electrons. The number of hydrogen-bond donors (Lipinski definition) is 2. The van der Waals surface area contributed by atoms with E-state index in [1.807, 2.05) is 49.3 Å². The van der Waals surface area contributed by atoms with E-state index in [4.69, 9.17) is 0 Å². The van der Waals surface area contributed by atoms with Crippen molar-refractivity contribution in [3.8, 4) is 0 Å². The van der Waals surface area contributed by atoms with Crippen LogP contribution in [0.2, 0.25) is 0 Å². The van der Waals surface area contributed by atoms with Gasteiger partial charge in [-0.1, -0.05) is 40.2 Å². The van der Waals surface area contributed by atoms with Gasteiger partial charge in [0.1, 0.15) is 0 Å². The van der Waals surface area contributed by atoms with Crippen molar-refractivity contribution in [2.45, 2.75) is 0 Å². The van der Waals surface area contributed by atoms with E-state index < -0.39 is 0 Å². The van der Waals surface area contributed by atoms with E-state index in [1.54, 1.807) is 48.7 Å². The average molecular weight is 465 g/mol. The molecular formula is C23H21BrN4O2. The minimum absolute atomic E-state index is 0.256. The van der Waals surface area contributed by atoms with Gasteiger partial charge in [-0.25, -0.2) is 5.43 Å². The smallest absolute Gasteiger partial charge is 0.271 e. The van der Waals surface area contributed by atoms with Gasteiger partial charge in [-0.15, -0.1) is 0 Å². The van der Waals surface area contributed by atoms with Crippen LogP contribution in [-0.4, -0.2) is 32.1 Å². The second-order valence-electron chi connectivity index (χ2n) is 6.73. The molecule has 0 atom stereocenters. The van der Waals surface area contributed by atoms with Crippen LogP contribution in [0, 0.1) is 0 Å². The van der Waals surface area contributed by atoms with Crippen LogP contribution in [0.4, 0.5) is 11.4 Å². The highest BCUT2D eigenvalue weighted by molar-refractivity contribution is 9.10. The molecule has 0 bridgehead atoms. The lowest BCUT2D eigenvalue weighted by molar-refractivity contribution is 0.0953. The molecule has 7 heteroatoms. The number of carbonyl (C=O) groups is 2. The summed E-state index contributed by atoms with van der Waals surface area (Å²) in [4.78, 5) is 26.8. The molecule has 3 aromatic rings. The number of benzene rings is 3. The van der Waals surface area contributed by atoms with E-state index in [0.717, 1.165) is 15.7 Å². The van der Waals surface area contributed by atoms with Crippen LogP contribution < -0.4 is 15.6 Å². The van der Waals surface area contributed by atoms with Gasteiger partial charge < -0.3 is 10.2 Å². The quantitative estimate of drug-likeness (QED) is 0.415. The minimum atomic E-state index is -0.366. The zero-order valence-corrected chi connectivity index (χ0v) is 18.2. The summed E-state index contributed by atoms with van der Waals surface area (Å²) in [5, 5.41) is 6.80. The Kier molecular flexibility index (Phi) is 6.98. The molecule has 0 fully saturated rings. The maximum Gasteiger partial charge on any atom is 0.271 e. The van der Waals surface area contributed by atoms with Gasteiger partial charge in [0.2, 0.25) is 0 Å². The van der Waals surface area contributed by atoms with Gasteiger partial charge in [-0.2, -0.15) is 5.10 Å². The molecular weight excluding hydrogens is 444 g/mol. The number of amides is 2. The maximum absolute atomic E-state index is 12.4. The molecule has 30 heavy (non-hydrogen) atoms. The summed E-state index contributed by atoms with van der Waals surface area (Å²) in [5.41, 5.74) is 5.89. The SMILES string of the molecule is CN(C)c1ccc(/C=N\NC(=O)c2cccc(NC(=O)c3cccc(Br)c3)c2)cc1. The number of halogens is 1. The highest BCUT2D eigenvalue weighted by Gasteiger charge is 2.09. The third kappa shape index (κ3) is 5.78.